The largest absolute Gasteiger partial charge is 0.478 e. The van der Waals surface area contributed by atoms with Gasteiger partial charge in [-0.25, -0.2) is 9.59 Å². The zero-order chi connectivity index (χ0) is 20.5. The lowest BCUT2D eigenvalue weighted by atomic mass is 9.87. The Morgan fingerprint density at radius 3 is 2.41 bits per heavy atom. The molecule has 4 rings (SSSR count). The summed E-state index contributed by atoms with van der Waals surface area (Å²) in [6.07, 6.45) is 1.70. The molecule has 2 N–H and O–H groups in total. The zero-order valence-electron chi connectivity index (χ0n) is 15.6. The highest BCUT2D eigenvalue weighted by molar-refractivity contribution is 6.04. The van der Waals surface area contributed by atoms with Crippen molar-refractivity contribution in [2.45, 2.75) is 12.3 Å². The van der Waals surface area contributed by atoms with E-state index in [2.05, 4.69) is 5.32 Å². The number of esters is 1. The van der Waals surface area contributed by atoms with Crippen molar-refractivity contribution in [3.8, 4) is 5.69 Å². The molecule has 3 aromatic rings. The minimum atomic E-state index is -1.11. The molecule has 146 valence electrons. The minimum absolute atomic E-state index is 0.0353. The fraction of sp³-hybridized carbons (Fsp3) is 0.136. The summed E-state index contributed by atoms with van der Waals surface area (Å²) in [6.45, 7) is 0. The Morgan fingerprint density at radius 2 is 1.79 bits per heavy atom. The van der Waals surface area contributed by atoms with Crippen LogP contribution in [0.3, 0.4) is 0 Å². The standard InChI is InChI=1S/C22H18N2O5/c1-29-22(28)14-9-7-13(8-10-14)16-11-18(25)23-19-17(21(26)27)12-24(20(16)19)15-5-3-2-4-6-15/h2-10,12,16H,11H2,1H3,(H,23,25)(H,26,27)/t16-/m0/s1. The number of benzene rings is 2. The maximum atomic E-state index is 12.4. The molecule has 7 nitrogen and oxygen atoms in total. The number of nitrogens with one attached hydrogen (secondary N) is 1. The number of para-hydroxylation sites is 1. The molecular weight excluding hydrogens is 372 g/mol. The number of rotatable bonds is 4. The van der Waals surface area contributed by atoms with Gasteiger partial charge < -0.3 is 19.7 Å². The van der Waals surface area contributed by atoms with Crippen molar-refractivity contribution in [3.05, 3.63) is 83.2 Å². The number of hydrogen-bond donors (Lipinski definition) is 2. The van der Waals surface area contributed by atoms with Gasteiger partial charge in [-0.15, -0.1) is 0 Å². The Bertz CT molecular complexity index is 1100. The van der Waals surface area contributed by atoms with Crippen LogP contribution in [0.2, 0.25) is 0 Å². The Morgan fingerprint density at radius 1 is 1.10 bits per heavy atom. The number of anilines is 1. The van der Waals surface area contributed by atoms with Crippen molar-refractivity contribution in [2.75, 3.05) is 12.4 Å². The van der Waals surface area contributed by atoms with Crippen LogP contribution in [-0.2, 0) is 9.53 Å². The van der Waals surface area contributed by atoms with Gasteiger partial charge in [-0.1, -0.05) is 30.3 Å². The van der Waals surface area contributed by atoms with E-state index < -0.39 is 11.9 Å². The van der Waals surface area contributed by atoms with Gasteiger partial charge in [0.15, 0.2) is 0 Å². The first-order valence-electron chi connectivity index (χ1n) is 9.01. The maximum absolute atomic E-state index is 12.4. The Labute approximate surface area is 166 Å². The van der Waals surface area contributed by atoms with E-state index in [0.717, 1.165) is 11.3 Å². The first kappa shape index (κ1) is 18.5. The summed E-state index contributed by atoms with van der Waals surface area (Å²) in [4.78, 5) is 35.9. The second-order valence-electron chi connectivity index (χ2n) is 6.73. The van der Waals surface area contributed by atoms with Gasteiger partial charge in [0.05, 0.1) is 24.1 Å². The Hall–Kier alpha value is -3.87. The van der Waals surface area contributed by atoms with Crippen LogP contribution in [0.4, 0.5) is 5.69 Å². The smallest absolute Gasteiger partial charge is 0.339 e. The number of methoxy groups -OCH3 is 1. The minimum Gasteiger partial charge on any atom is -0.478 e. The number of carboxylic acid groups (broad SMARTS) is 1. The predicted molar refractivity (Wildman–Crippen MR) is 106 cm³/mol. The Kier molecular flexibility index (Phi) is 4.64. The van der Waals surface area contributed by atoms with Crippen LogP contribution < -0.4 is 5.32 Å². The first-order chi connectivity index (χ1) is 14.0. The number of fused-ring (bicyclic) bond motifs is 1. The number of ether oxygens (including phenoxy) is 1. The number of carbonyl (C=O) groups is 3. The summed E-state index contributed by atoms with van der Waals surface area (Å²) >= 11 is 0. The summed E-state index contributed by atoms with van der Waals surface area (Å²) in [6, 6.07) is 16.2. The second-order valence-corrected chi connectivity index (χ2v) is 6.73. The molecule has 29 heavy (non-hydrogen) atoms. The van der Waals surface area contributed by atoms with Crippen LogP contribution in [0.25, 0.3) is 5.69 Å². The first-order valence-corrected chi connectivity index (χ1v) is 9.01. The van der Waals surface area contributed by atoms with Gasteiger partial charge >= 0.3 is 11.9 Å². The number of hydrogen-bond acceptors (Lipinski definition) is 4. The molecule has 2 heterocycles. The van der Waals surface area contributed by atoms with Crippen LogP contribution in [0, 0.1) is 0 Å². The molecule has 0 aliphatic carbocycles. The predicted octanol–water partition coefficient (Wildman–Crippen LogP) is 3.44. The van der Waals surface area contributed by atoms with E-state index in [1.54, 1.807) is 28.8 Å². The highest BCUT2D eigenvalue weighted by atomic mass is 16.5. The third-order valence-corrected chi connectivity index (χ3v) is 5.03. The number of amides is 1. The van der Waals surface area contributed by atoms with Gasteiger partial charge in [0.1, 0.15) is 5.56 Å². The van der Waals surface area contributed by atoms with Crippen molar-refractivity contribution in [3.63, 3.8) is 0 Å². The topological polar surface area (TPSA) is 97.6 Å². The molecule has 0 fully saturated rings. The molecule has 1 aliphatic rings. The summed E-state index contributed by atoms with van der Waals surface area (Å²) in [5, 5.41) is 12.4. The molecule has 1 aliphatic heterocycles. The normalized spacial score (nSPS) is 15.3. The van der Waals surface area contributed by atoms with Gasteiger partial charge in [-0.2, -0.15) is 0 Å². The lowest BCUT2D eigenvalue weighted by Crippen LogP contribution is -2.25. The molecule has 2 aromatic carbocycles. The molecule has 0 saturated carbocycles. The number of nitrogens with zero attached hydrogens (tertiary/aromatic N) is 1. The average Bonchev–Trinajstić information content (AvgIpc) is 3.13. The fourth-order valence-corrected chi connectivity index (χ4v) is 3.68. The molecule has 1 amide bonds. The second kappa shape index (κ2) is 7.27. The van der Waals surface area contributed by atoms with Crippen molar-refractivity contribution >= 4 is 23.5 Å². The van der Waals surface area contributed by atoms with E-state index in [1.165, 1.54) is 13.3 Å². The lowest BCUT2D eigenvalue weighted by Gasteiger charge is -2.26. The fourth-order valence-electron chi connectivity index (χ4n) is 3.68. The van der Waals surface area contributed by atoms with Crippen molar-refractivity contribution < 1.29 is 24.2 Å². The van der Waals surface area contributed by atoms with Crippen molar-refractivity contribution in [1.29, 1.82) is 0 Å². The summed E-state index contributed by atoms with van der Waals surface area (Å²) in [7, 11) is 1.31. The van der Waals surface area contributed by atoms with Crippen LogP contribution in [0.1, 0.15) is 44.3 Å². The zero-order valence-corrected chi connectivity index (χ0v) is 15.6. The molecule has 0 unspecified atom stereocenters. The van der Waals surface area contributed by atoms with Crippen LogP contribution in [-0.4, -0.2) is 34.6 Å². The van der Waals surface area contributed by atoms with E-state index in [-0.39, 0.29) is 23.8 Å². The van der Waals surface area contributed by atoms with Crippen LogP contribution in [0.5, 0.6) is 0 Å². The van der Waals surface area contributed by atoms with Crippen LogP contribution >= 0.6 is 0 Å². The summed E-state index contributed by atoms with van der Waals surface area (Å²) in [5.74, 6) is -2.18. The summed E-state index contributed by atoms with van der Waals surface area (Å²) in [5.41, 5.74) is 3.04. The van der Waals surface area contributed by atoms with E-state index in [4.69, 9.17) is 4.74 Å². The van der Waals surface area contributed by atoms with E-state index in [0.29, 0.717) is 16.9 Å². The summed E-state index contributed by atoms with van der Waals surface area (Å²) < 4.78 is 6.53. The molecule has 7 heteroatoms. The van der Waals surface area contributed by atoms with Gasteiger partial charge in [0, 0.05) is 24.2 Å². The average molecular weight is 390 g/mol. The third kappa shape index (κ3) is 3.27. The maximum Gasteiger partial charge on any atom is 0.339 e. The number of carbonyl (C=O) groups excluding carboxylic acids is 2. The molecule has 0 saturated heterocycles. The van der Waals surface area contributed by atoms with Gasteiger partial charge in [0.2, 0.25) is 5.91 Å². The molecular formula is C22H18N2O5. The van der Waals surface area contributed by atoms with E-state index in [1.807, 2.05) is 30.3 Å². The molecule has 1 aromatic heterocycles. The third-order valence-electron chi connectivity index (χ3n) is 5.03. The molecule has 0 radical (unpaired) electrons. The molecule has 0 spiro atoms. The number of carboxylic acids is 1. The van der Waals surface area contributed by atoms with Crippen LogP contribution in [0.15, 0.2) is 60.8 Å². The lowest BCUT2D eigenvalue weighted by molar-refractivity contribution is -0.116. The van der Waals surface area contributed by atoms with Gasteiger partial charge in [0.25, 0.3) is 0 Å². The van der Waals surface area contributed by atoms with Gasteiger partial charge in [-0.05, 0) is 29.8 Å². The quantitative estimate of drug-likeness (QED) is 0.665. The van der Waals surface area contributed by atoms with E-state index in [9.17, 15) is 19.5 Å². The number of aromatic carboxylic acids is 1. The highest BCUT2D eigenvalue weighted by Gasteiger charge is 2.34. The van der Waals surface area contributed by atoms with Crippen molar-refractivity contribution in [2.24, 2.45) is 0 Å². The van der Waals surface area contributed by atoms with Crippen molar-refractivity contribution in [1.82, 2.24) is 4.57 Å². The monoisotopic (exact) mass is 390 g/mol. The number of aromatic nitrogens is 1. The SMILES string of the molecule is COC(=O)c1ccc([C@@H]2CC(=O)Nc3c(C(=O)O)cn(-c4ccccc4)c32)cc1. The molecule has 0 bridgehead atoms. The van der Waals surface area contributed by atoms with Gasteiger partial charge in [-0.3, -0.25) is 4.79 Å². The molecule has 1 atom stereocenters. The Balaban J connectivity index is 1.88. The highest BCUT2D eigenvalue weighted by Crippen LogP contribution is 2.41. The van der Waals surface area contributed by atoms with E-state index >= 15 is 0 Å².